The molecule has 1 saturated carbocycles. The zero-order valence-corrected chi connectivity index (χ0v) is 12.7. The van der Waals surface area contributed by atoms with E-state index >= 15 is 0 Å². The molecule has 1 aromatic rings. The monoisotopic (exact) mass is 263 g/mol. The van der Waals surface area contributed by atoms with Gasteiger partial charge in [-0.3, -0.25) is 4.68 Å². The number of hydrogen-bond acceptors (Lipinski definition) is 2. The molecule has 0 aliphatic heterocycles. The van der Waals surface area contributed by atoms with Crippen LogP contribution in [0, 0.1) is 5.92 Å². The van der Waals surface area contributed by atoms with E-state index in [1.54, 1.807) is 0 Å². The Kier molecular flexibility index (Phi) is 5.44. The van der Waals surface area contributed by atoms with Crippen LogP contribution in [0.2, 0.25) is 0 Å². The van der Waals surface area contributed by atoms with Gasteiger partial charge in [0.25, 0.3) is 0 Å². The second kappa shape index (κ2) is 7.09. The van der Waals surface area contributed by atoms with Crippen molar-refractivity contribution in [1.29, 1.82) is 0 Å². The molecule has 3 unspecified atom stereocenters. The molecule has 0 aromatic carbocycles. The van der Waals surface area contributed by atoms with Crippen LogP contribution in [0.4, 0.5) is 0 Å². The maximum absolute atomic E-state index is 4.76. The van der Waals surface area contributed by atoms with Crippen LogP contribution < -0.4 is 5.32 Å². The molecule has 1 aromatic heterocycles. The van der Waals surface area contributed by atoms with Crippen molar-refractivity contribution >= 4 is 0 Å². The van der Waals surface area contributed by atoms with Crippen LogP contribution in [0.3, 0.4) is 0 Å². The Labute approximate surface area is 117 Å². The summed E-state index contributed by atoms with van der Waals surface area (Å²) in [4.78, 5) is 0. The van der Waals surface area contributed by atoms with Crippen molar-refractivity contribution in [3.05, 3.63) is 18.0 Å². The van der Waals surface area contributed by atoms with E-state index in [9.17, 15) is 0 Å². The molecule has 3 heteroatoms. The highest BCUT2D eigenvalue weighted by Crippen LogP contribution is 2.26. The molecule has 0 bridgehead atoms. The fourth-order valence-electron chi connectivity index (χ4n) is 3.20. The lowest BCUT2D eigenvalue weighted by Gasteiger charge is -2.24. The molecule has 0 radical (unpaired) electrons. The first kappa shape index (κ1) is 14.6. The van der Waals surface area contributed by atoms with Crippen molar-refractivity contribution in [3.63, 3.8) is 0 Å². The van der Waals surface area contributed by atoms with E-state index in [-0.39, 0.29) is 0 Å². The minimum atomic E-state index is 0.517. The second-order valence-corrected chi connectivity index (χ2v) is 6.04. The average molecular weight is 263 g/mol. The lowest BCUT2D eigenvalue weighted by molar-refractivity contribution is 0.345. The number of aromatic nitrogens is 2. The highest BCUT2D eigenvalue weighted by Gasteiger charge is 2.23. The van der Waals surface area contributed by atoms with Crippen LogP contribution in [0.25, 0.3) is 0 Å². The van der Waals surface area contributed by atoms with E-state index in [1.165, 1.54) is 37.8 Å². The zero-order valence-electron chi connectivity index (χ0n) is 12.7. The van der Waals surface area contributed by atoms with E-state index in [1.807, 2.05) is 0 Å². The normalized spacial score (nSPS) is 26.1. The van der Waals surface area contributed by atoms with Crippen molar-refractivity contribution in [2.45, 2.75) is 70.9 Å². The largest absolute Gasteiger partial charge is 0.317 e. The molecule has 2 rings (SSSR count). The van der Waals surface area contributed by atoms with Gasteiger partial charge in [0.15, 0.2) is 0 Å². The van der Waals surface area contributed by atoms with E-state index in [0.717, 1.165) is 18.8 Å². The number of nitrogens with one attached hydrogen (secondary N) is 1. The van der Waals surface area contributed by atoms with Crippen molar-refractivity contribution < 1.29 is 0 Å². The summed E-state index contributed by atoms with van der Waals surface area (Å²) in [6, 6.07) is 3.41. The predicted octanol–water partition coefficient (Wildman–Crippen LogP) is 3.56. The minimum Gasteiger partial charge on any atom is -0.317 e. The summed E-state index contributed by atoms with van der Waals surface area (Å²) in [7, 11) is 2.11. The molecule has 0 spiro atoms. The molecule has 1 aliphatic carbocycles. The minimum absolute atomic E-state index is 0.517. The molecule has 1 N–H and O–H groups in total. The fourth-order valence-corrected chi connectivity index (χ4v) is 3.20. The van der Waals surface area contributed by atoms with E-state index < -0.39 is 0 Å². The standard InChI is InChI=1S/C16H29N3/c1-4-13(2)19-11-10-15(18-19)12-14-8-6-5-7-9-16(14)17-3/h10-11,13-14,16-17H,4-9,12H2,1-3H3. The molecule has 108 valence electrons. The lowest BCUT2D eigenvalue weighted by atomic mass is 9.90. The quantitative estimate of drug-likeness (QED) is 0.823. The smallest absolute Gasteiger partial charge is 0.0628 e. The first-order valence-electron chi connectivity index (χ1n) is 7.96. The van der Waals surface area contributed by atoms with Gasteiger partial charge in [0.05, 0.1) is 5.69 Å². The van der Waals surface area contributed by atoms with Gasteiger partial charge in [0, 0.05) is 18.3 Å². The Bertz CT molecular complexity index is 372. The summed E-state index contributed by atoms with van der Waals surface area (Å²) >= 11 is 0. The Balaban J connectivity index is 2.00. The van der Waals surface area contributed by atoms with Gasteiger partial charge in [0.1, 0.15) is 0 Å². The van der Waals surface area contributed by atoms with Gasteiger partial charge in [-0.2, -0.15) is 5.10 Å². The first-order valence-corrected chi connectivity index (χ1v) is 7.96. The fraction of sp³-hybridized carbons (Fsp3) is 0.812. The van der Waals surface area contributed by atoms with E-state index in [0.29, 0.717) is 12.1 Å². The molecule has 1 fully saturated rings. The molecule has 0 saturated heterocycles. The van der Waals surface area contributed by atoms with E-state index in [2.05, 4.69) is 43.2 Å². The molecule has 3 atom stereocenters. The number of nitrogens with zero attached hydrogens (tertiary/aromatic N) is 2. The first-order chi connectivity index (χ1) is 9.24. The van der Waals surface area contributed by atoms with Gasteiger partial charge >= 0.3 is 0 Å². The molecule has 0 amide bonds. The summed E-state index contributed by atoms with van der Waals surface area (Å²) in [6.07, 6.45) is 11.3. The maximum atomic E-state index is 4.76. The Hall–Kier alpha value is -0.830. The predicted molar refractivity (Wildman–Crippen MR) is 80.4 cm³/mol. The van der Waals surface area contributed by atoms with Crippen molar-refractivity contribution in [1.82, 2.24) is 15.1 Å². The van der Waals surface area contributed by atoms with Crippen molar-refractivity contribution in [3.8, 4) is 0 Å². The third-order valence-electron chi connectivity index (χ3n) is 4.71. The number of rotatable bonds is 5. The van der Waals surface area contributed by atoms with Crippen LogP contribution in [-0.4, -0.2) is 22.9 Å². The number of hydrogen-bond donors (Lipinski definition) is 1. The highest BCUT2D eigenvalue weighted by molar-refractivity contribution is 5.02. The lowest BCUT2D eigenvalue weighted by Crippen LogP contribution is -2.34. The summed E-state index contributed by atoms with van der Waals surface area (Å²) < 4.78 is 2.13. The van der Waals surface area contributed by atoms with E-state index in [4.69, 9.17) is 5.10 Å². The van der Waals surface area contributed by atoms with Crippen LogP contribution >= 0.6 is 0 Å². The van der Waals surface area contributed by atoms with Gasteiger partial charge < -0.3 is 5.32 Å². The van der Waals surface area contributed by atoms with Gasteiger partial charge in [-0.05, 0) is 51.6 Å². The van der Waals surface area contributed by atoms with Gasteiger partial charge in [-0.1, -0.05) is 26.2 Å². The van der Waals surface area contributed by atoms with Crippen LogP contribution in [0.1, 0.15) is 64.1 Å². The third kappa shape index (κ3) is 3.82. The summed E-state index contributed by atoms with van der Waals surface area (Å²) in [6.45, 7) is 4.45. The third-order valence-corrected chi connectivity index (χ3v) is 4.71. The van der Waals surface area contributed by atoms with Gasteiger partial charge in [-0.15, -0.1) is 0 Å². The van der Waals surface area contributed by atoms with Crippen LogP contribution in [0.5, 0.6) is 0 Å². The maximum Gasteiger partial charge on any atom is 0.0628 e. The SMILES string of the molecule is CCC(C)n1ccc(CC2CCCCCC2NC)n1. The molecule has 1 aliphatic rings. The molecule has 1 heterocycles. The Morgan fingerprint density at radius 2 is 2.16 bits per heavy atom. The average Bonchev–Trinajstić information content (AvgIpc) is 2.77. The topological polar surface area (TPSA) is 29.9 Å². The van der Waals surface area contributed by atoms with Crippen molar-refractivity contribution in [2.75, 3.05) is 7.05 Å². The molecule has 19 heavy (non-hydrogen) atoms. The van der Waals surface area contributed by atoms with Crippen LogP contribution in [0.15, 0.2) is 12.3 Å². The zero-order chi connectivity index (χ0) is 13.7. The summed E-state index contributed by atoms with van der Waals surface area (Å²) in [5.74, 6) is 0.757. The summed E-state index contributed by atoms with van der Waals surface area (Å²) in [5.41, 5.74) is 1.27. The molecular weight excluding hydrogens is 234 g/mol. The van der Waals surface area contributed by atoms with Crippen molar-refractivity contribution in [2.24, 2.45) is 5.92 Å². The molecular formula is C16H29N3. The van der Waals surface area contributed by atoms with Gasteiger partial charge in [0.2, 0.25) is 0 Å². The van der Waals surface area contributed by atoms with Crippen LogP contribution in [-0.2, 0) is 6.42 Å². The Morgan fingerprint density at radius 3 is 2.89 bits per heavy atom. The summed E-state index contributed by atoms with van der Waals surface area (Å²) in [5, 5.41) is 8.28. The Morgan fingerprint density at radius 1 is 1.37 bits per heavy atom. The molecule has 3 nitrogen and oxygen atoms in total. The second-order valence-electron chi connectivity index (χ2n) is 6.04. The van der Waals surface area contributed by atoms with Gasteiger partial charge in [-0.25, -0.2) is 0 Å². The highest BCUT2D eigenvalue weighted by atomic mass is 15.3.